The molecular formula is C18H16ClNO4. The molecule has 3 aliphatic rings. The van der Waals surface area contributed by atoms with Crippen LogP contribution in [0.2, 0.25) is 5.02 Å². The van der Waals surface area contributed by atoms with Crippen LogP contribution in [0.5, 0.6) is 5.75 Å². The van der Waals surface area contributed by atoms with Crippen LogP contribution in [-0.2, 0) is 14.4 Å². The predicted octanol–water partition coefficient (Wildman–Crippen LogP) is 2.36. The number of fused-ring (bicyclic) bond motifs is 5. The minimum atomic E-state index is -0.623. The van der Waals surface area contributed by atoms with Gasteiger partial charge in [-0.25, -0.2) is 4.79 Å². The molecule has 1 heterocycles. The average Bonchev–Trinajstić information content (AvgIpc) is 3.20. The number of amides is 2. The summed E-state index contributed by atoms with van der Waals surface area (Å²) in [7, 11) is 0. The minimum Gasteiger partial charge on any atom is -0.425 e. The number of carbonyl (C=O) groups is 3. The molecule has 0 spiro atoms. The van der Waals surface area contributed by atoms with E-state index in [-0.39, 0.29) is 42.0 Å². The van der Waals surface area contributed by atoms with E-state index in [1.807, 2.05) is 12.2 Å². The summed E-state index contributed by atoms with van der Waals surface area (Å²) in [5.41, 5.74) is 0.717. The molecule has 0 aromatic heterocycles. The maximum absolute atomic E-state index is 12.5. The van der Waals surface area contributed by atoms with E-state index in [1.165, 1.54) is 0 Å². The Kier molecular flexibility index (Phi) is 3.49. The molecule has 2 fully saturated rings. The molecule has 2 amide bonds. The minimum absolute atomic E-state index is 0.135. The molecule has 2 aliphatic carbocycles. The van der Waals surface area contributed by atoms with Crippen LogP contribution < -0.4 is 4.74 Å². The molecule has 1 aliphatic heterocycles. The summed E-state index contributed by atoms with van der Waals surface area (Å²) in [4.78, 5) is 38.3. The standard InChI is InChI=1S/C18H16ClNO4/c1-9-6-12(19)4-5-13(9)24-14(21)8-20-17(22)15-10-2-3-11(7-10)16(15)18(20)23/h2-6,10-11,15-16H,7-8H2,1H3. The predicted molar refractivity (Wildman–Crippen MR) is 86.3 cm³/mol. The maximum Gasteiger partial charge on any atom is 0.331 e. The average molecular weight is 346 g/mol. The van der Waals surface area contributed by atoms with Crippen molar-refractivity contribution in [1.82, 2.24) is 4.90 Å². The number of benzene rings is 1. The van der Waals surface area contributed by atoms with Crippen molar-refractivity contribution in [2.24, 2.45) is 23.7 Å². The van der Waals surface area contributed by atoms with Gasteiger partial charge in [0.05, 0.1) is 11.8 Å². The summed E-state index contributed by atoms with van der Waals surface area (Å²) in [6.45, 7) is 1.43. The van der Waals surface area contributed by atoms with Crippen molar-refractivity contribution in [1.29, 1.82) is 0 Å². The number of allylic oxidation sites excluding steroid dienone is 2. The smallest absolute Gasteiger partial charge is 0.331 e. The molecule has 0 N–H and O–H groups in total. The van der Waals surface area contributed by atoms with Crippen molar-refractivity contribution < 1.29 is 19.1 Å². The van der Waals surface area contributed by atoms with E-state index in [0.717, 1.165) is 11.3 Å². The van der Waals surface area contributed by atoms with E-state index >= 15 is 0 Å². The van der Waals surface area contributed by atoms with Crippen LogP contribution in [0, 0.1) is 30.6 Å². The van der Waals surface area contributed by atoms with Crippen molar-refractivity contribution in [3.05, 3.63) is 40.9 Å². The van der Waals surface area contributed by atoms with E-state index in [1.54, 1.807) is 25.1 Å². The largest absolute Gasteiger partial charge is 0.425 e. The van der Waals surface area contributed by atoms with E-state index in [9.17, 15) is 14.4 Å². The number of imide groups is 1. The second-order valence-corrected chi connectivity index (χ2v) is 7.08. The fourth-order valence-corrected chi connectivity index (χ4v) is 4.36. The lowest BCUT2D eigenvalue weighted by Gasteiger charge is -2.16. The molecule has 4 unspecified atom stereocenters. The topological polar surface area (TPSA) is 63.7 Å². The lowest BCUT2D eigenvalue weighted by atomic mass is 9.85. The second-order valence-electron chi connectivity index (χ2n) is 6.65. The van der Waals surface area contributed by atoms with Crippen molar-refractivity contribution in [3.8, 4) is 5.75 Å². The molecule has 5 nitrogen and oxygen atoms in total. The van der Waals surface area contributed by atoms with Crippen LogP contribution >= 0.6 is 11.6 Å². The van der Waals surface area contributed by atoms with E-state index in [2.05, 4.69) is 0 Å². The molecule has 4 rings (SSSR count). The molecule has 1 aromatic rings. The van der Waals surface area contributed by atoms with Crippen molar-refractivity contribution in [3.63, 3.8) is 0 Å². The first-order valence-electron chi connectivity index (χ1n) is 7.96. The van der Waals surface area contributed by atoms with Crippen LogP contribution in [0.25, 0.3) is 0 Å². The van der Waals surface area contributed by atoms with Crippen LogP contribution in [0.1, 0.15) is 12.0 Å². The van der Waals surface area contributed by atoms with Gasteiger partial charge in [0.1, 0.15) is 12.3 Å². The van der Waals surface area contributed by atoms with Crippen LogP contribution in [0.15, 0.2) is 30.4 Å². The normalized spacial score (nSPS) is 30.2. The van der Waals surface area contributed by atoms with E-state index < -0.39 is 5.97 Å². The number of esters is 1. The monoisotopic (exact) mass is 345 g/mol. The van der Waals surface area contributed by atoms with Gasteiger partial charge in [-0.1, -0.05) is 23.8 Å². The molecule has 124 valence electrons. The third kappa shape index (κ3) is 2.26. The summed E-state index contributed by atoms with van der Waals surface area (Å²) in [5, 5.41) is 0.549. The quantitative estimate of drug-likeness (QED) is 0.365. The number of hydrogen-bond acceptors (Lipinski definition) is 4. The Hall–Kier alpha value is -2.14. The molecule has 24 heavy (non-hydrogen) atoms. The Balaban J connectivity index is 1.47. The van der Waals surface area contributed by atoms with E-state index in [0.29, 0.717) is 16.3 Å². The lowest BCUT2D eigenvalue weighted by Crippen LogP contribution is -2.38. The van der Waals surface area contributed by atoms with Crippen LogP contribution in [0.4, 0.5) is 0 Å². The number of ether oxygens (including phenoxy) is 1. The van der Waals surface area contributed by atoms with Gasteiger partial charge in [-0.15, -0.1) is 0 Å². The van der Waals surface area contributed by atoms with Crippen molar-refractivity contribution in [2.45, 2.75) is 13.3 Å². The SMILES string of the molecule is Cc1cc(Cl)ccc1OC(=O)CN1C(=O)C2C3C=CC(C3)C2C1=O. The summed E-state index contributed by atoms with van der Waals surface area (Å²) >= 11 is 5.87. The Morgan fingerprint density at radius 2 is 1.83 bits per heavy atom. The molecule has 1 saturated heterocycles. The lowest BCUT2D eigenvalue weighted by molar-refractivity contribution is -0.148. The van der Waals surface area contributed by atoms with Gasteiger partial charge in [-0.2, -0.15) is 0 Å². The number of carbonyl (C=O) groups excluding carboxylic acids is 3. The van der Waals surface area contributed by atoms with Crippen LogP contribution in [0.3, 0.4) is 0 Å². The molecule has 1 aromatic carbocycles. The highest BCUT2D eigenvalue weighted by atomic mass is 35.5. The first-order chi connectivity index (χ1) is 11.5. The molecular weight excluding hydrogens is 330 g/mol. The summed E-state index contributed by atoms with van der Waals surface area (Å²) < 4.78 is 5.29. The van der Waals surface area contributed by atoms with Gasteiger partial charge in [0.25, 0.3) is 0 Å². The Labute approximate surface area is 144 Å². The number of likely N-dealkylation sites (tertiary alicyclic amines) is 1. The summed E-state index contributed by atoms with van der Waals surface area (Å²) in [5.74, 6) is -1.05. The zero-order chi connectivity index (χ0) is 17.0. The third-order valence-electron chi connectivity index (χ3n) is 5.21. The Morgan fingerprint density at radius 1 is 1.21 bits per heavy atom. The maximum atomic E-state index is 12.5. The number of nitrogens with zero attached hydrogens (tertiary/aromatic N) is 1. The van der Waals surface area contributed by atoms with Gasteiger partial charge < -0.3 is 4.74 Å². The third-order valence-corrected chi connectivity index (χ3v) is 5.44. The first kappa shape index (κ1) is 15.4. The van der Waals surface area contributed by atoms with Gasteiger partial charge in [-0.3, -0.25) is 14.5 Å². The van der Waals surface area contributed by atoms with Crippen LogP contribution in [-0.4, -0.2) is 29.2 Å². The van der Waals surface area contributed by atoms with Gasteiger partial charge in [-0.05, 0) is 48.9 Å². The van der Waals surface area contributed by atoms with Gasteiger partial charge >= 0.3 is 5.97 Å². The Morgan fingerprint density at radius 3 is 2.42 bits per heavy atom. The van der Waals surface area contributed by atoms with Gasteiger partial charge in [0.15, 0.2) is 0 Å². The van der Waals surface area contributed by atoms with Crippen molar-refractivity contribution >= 4 is 29.4 Å². The number of aryl methyl sites for hydroxylation is 1. The molecule has 6 heteroatoms. The first-order valence-corrected chi connectivity index (χ1v) is 8.34. The van der Waals surface area contributed by atoms with Gasteiger partial charge in [0.2, 0.25) is 11.8 Å². The summed E-state index contributed by atoms with van der Waals surface area (Å²) in [6.07, 6.45) is 4.92. The fraction of sp³-hybridized carbons (Fsp3) is 0.389. The Bertz CT molecular complexity index is 757. The number of rotatable bonds is 3. The van der Waals surface area contributed by atoms with Crippen molar-refractivity contribution in [2.75, 3.05) is 6.54 Å². The second kappa shape index (κ2) is 5.45. The highest BCUT2D eigenvalue weighted by Crippen LogP contribution is 2.52. The van der Waals surface area contributed by atoms with Gasteiger partial charge in [0, 0.05) is 5.02 Å². The molecule has 0 radical (unpaired) electrons. The highest BCUT2D eigenvalue weighted by molar-refractivity contribution is 6.30. The fourth-order valence-electron chi connectivity index (χ4n) is 4.13. The highest BCUT2D eigenvalue weighted by Gasteiger charge is 2.59. The van der Waals surface area contributed by atoms with E-state index in [4.69, 9.17) is 16.3 Å². The number of hydrogen-bond donors (Lipinski definition) is 0. The zero-order valence-corrected chi connectivity index (χ0v) is 13.8. The summed E-state index contributed by atoms with van der Waals surface area (Å²) in [6, 6.07) is 4.91. The molecule has 1 saturated carbocycles. The molecule has 2 bridgehead atoms. The number of halogens is 1. The zero-order valence-electron chi connectivity index (χ0n) is 13.1. The molecule has 4 atom stereocenters.